The summed E-state index contributed by atoms with van der Waals surface area (Å²) in [5.74, 6) is 0.691. The van der Waals surface area contributed by atoms with E-state index < -0.39 is 10.0 Å². The zero-order valence-electron chi connectivity index (χ0n) is 15.3. The third-order valence-electron chi connectivity index (χ3n) is 5.21. The molecule has 2 fully saturated rings. The summed E-state index contributed by atoms with van der Waals surface area (Å²) in [5, 5.41) is 4.10. The molecule has 2 saturated heterocycles. The van der Waals surface area contributed by atoms with E-state index in [2.05, 4.69) is 5.10 Å². The van der Waals surface area contributed by atoms with Crippen molar-refractivity contribution in [1.29, 1.82) is 0 Å². The van der Waals surface area contributed by atoms with Gasteiger partial charge in [0.15, 0.2) is 0 Å². The van der Waals surface area contributed by atoms with Crippen molar-refractivity contribution in [2.24, 2.45) is 11.8 Å². The number of carbonyl (C=O) groups is 1. The van der Waals surface area contributed by atoms with Crippen molar-refractivity contribution >= 4 is 15.9 Å². The first-order valence-corrected chi connectivity index (χ1v) is 10.6. The number of hydrogen-bond acceptors (Lipinski definition) is 4. The molecular formula is C17H28N4O3S. The minimum absolute atomic E-state index is 0.111. The number of amides is 1. The van der Waals surface area contributed by atoms with Gasteiger partial charge in [-0.15, -0.1) is 0 Å². The second-order valence-corrected chi connectivity index (χ2v) is 9.40. The first kappa shape index (κ1) is 18.4. The van der Waals surface area contributed by atoms with Gasteiger partial charge in [-0.05, 0) is 31.6 Å². The van der Waals surface area contributed by atoms with E-state index in [0.717, 1.165) is 12.8 Å². The van der Waals surface area contributed by atoms with Gasteiger partial charge < -0.3 is 4.90 Å². The summed E-state index contributed by atoms with van der Waals surface area (Å²) in [7, 11) is -3.57. The van der Waals surface area contributed by atoms with Crippen molar-refractivity contribution in [2.45, 2.75) is 57.5 Å². The molecule has 7 nitrogen and oxygen atoms in total. The molecule has 8 heteroatoms. The molecule has 3 heterocycles. The minimum atomic E-state index is -3.57. The number of aryl methyl sites for hydroxylation is 1. The molecule has 0 aromatic carbocycles. The Morgan fingerprint density at radius 2 is 2.12 bits per heavy atom. The van der Waals surface area contributed by atoms with Gasteiger partial charge in [-0.2, -0.15) is 9.40 Å². The number of rotatable bonds is 5. The van der Waals surface area contributed by atoms with Gasteiger partial charge >= 0.3 is 0 Å². The molecule has 3 rings (SSSR count). The van der Waals surface area contributed by atoms with Crippen molar-refractivity contribution in [3.63, 3.8) is 0 Å². The first-order chi connectivity index (χ1) is 11.8. The van der Waals surface area contributed by atoms with E-state index in [1.807, 2.05) is 25.7 Å². The highest BCUT2D eigenvalue weighted by atomic mass is 32.2. The van der Waals surface area contributed by atoms with E-state index in [1.54, 1.807) is 15.2 Å². The molecule has 0 aliphatic carbocycles. The highest BCUT2D eigenvalue weighted by molar-refractivity contribution is 7.89. The molecule has 1 amide bonds. The number of piperidine rings is 1. The third-order valence-corrected chi connectivity index (χ3v) is 7.08. The van der Waals surface area contributed by atoms with Gasteiger partial charge in [-0.25, -0.2) is 8.42 Å². The maximum Gasteiger partial charge on any atom is 0.246 e. The molecule has 0 saturated carbocycles. The van der Waals surface area contributed by atoms with Gasteiger partial charge in [-0.3, -0.25) is 9.48 Å². The van der Waals surface area contributed by atoms with Crippen LogP contribution in [0, 0.1) is 11.8 Å². The number of aromatic nitrogens is 2. The number of sulfonamides is 1. The van der Waals surface area contributed by atoms with E-state index in [9.17, 15) is 13.2 Å². The van der Waals surface area contributed by atoms with E-state index in [4.69, 9.17) is 0 Å². The average molecular weight is 369 g/mol. The summed E-state index contributed by atoms with van der Waals surface area (Å²) >= 11 is 0. The predicted octanol–water partition coefficient (Wildman–Crippen LogP) is 1.56. The van der Waals surface area contributed by atoms with Crippen LogP contribution in [0.25, 0.3) is 0 Å². The molecule has 0 unspecified atom stereocenters. The number of likely N-dealkylation sites (tertiary alicyclic amines) is 1. The fourth-order valence-electron chi connectivity index (χ4n) is 3.91. The maximum absolute atomic E-state index is 13.1. The Hall–Kier alpha value is -1.41. The topological polar surface area (TPSA) is 75.5 Å². The van der Waals surface area contributed by atoms with Gasteiger partial charge in [0.2, 0.25) is 15.9 Å². The molecular weight excluding hydrogens is 340 g/mol. The molecule has 0 N–H and O–H groups in total. The Morgan fingerprint density at radius 1 is 1.36 bits per heavy atom. The van der Waals surface area contributed by atoms with Crippen LogP contribution in [0.15, 0.2) is 17.3 Å². The Balaban J connectivity index is 1.79. The van der Waals surface area contributed by atoms with Crippen LogP contribution in [-0.4, -0.2) is 59.0 Å². The van der Waals surface area contributed by atoms with Crippen LogP contribution in [0.5, 0.6) is 0 Å². The smallest absolute Gasteiger partial charge is 0.246 e. The maximum atomic E-state index is 13.1. The quantitative estimate of drug-likeness (QED) is 0.790. The minimum Gasteiger partial charge on any atom is -0.341 e. The van der Waals surface area contributed by atoms with Crippen LogP contribution in [0.2, 0.25) is 0 Å². The molecule has 2 atom stereocenters. The normalized spacial score (nSPS) is 24.7. The fourth-order valence-corrected chi connectivity index (χ4v) is 5.58. The summed E-state index contributed by atoms with van der Waals surface area (Å²) in [4.78, 5) is 14.5. The summed E-state index contributed by atoms with van der Waals surface area (Å²) in [6.45, 7) is 8.34. The standard InChI is InChI=1S/C17H28N4O3S/c1-4-20-11-15(9-18-20)25(23,24)21-7-5-6-14-10-19(12-16(14)21)17(22)8-13(2)3/h9,11,13-14,16H,4-8,10,12H2,1-3H3/t14-,16+/m1/s1. The number of carbonyl (C=O) groups excluding carboxylic acids is 1. The van der Waals surface area contributed by atoms with Gasteiger partial charge in [-0.1, -0.05) is 13.8 Å². The van der Waals surface area contributed by atoms with Crippen molar-refractivity contribution in [3.8, 4) is 0 Å². The van der Waals surface area contributed by atoms with Crippen LogP contribution < -0.4 is 0 Å². The Labute approximate surface area is 150 Å². The van der Waals surface area contributed by atoms with E-state index >= 15 is 0 Å². The molecule has 2 aliphatic rings. The predicted molar refractivity (Wildman–Crippen MR) is 94.3 cm³/mol. The second kappa shape index (κ2) is 7.07. The van der Waals surface area contributed by atoms with Crippen molar-refractivity contribution in [1.82, 2.24) is 19.0 Å². The van der Waals surface area contributed by atoms with Gasteiger partial charge in [0, 0.05) is 44.8 Å². The molecule has 1 aromatic rings. The van der Waals surface area contributed by atoms with Crippen LogP contribution in [-0.2, 0) is 21.4 Å². The summed E-state index contributed by atoms with van der Waals surface area (Å²) in [5.41, 5.74) is 0. The van der Waals surface area contributed by atoms with Crippen molar-refractivity contribution in [3.05, 3.63) is 12.4 Å². The number of nitrogens with zero attached hydrogens (tertiary/aromatic N) is 4. The third kappa shape index (κ3) is 3.60. The lowest BCUT2D eigenvalue weighted by atomic mass is 9.94. The Bertz CT molecular complexity index is 728. The largest absolute Gasteiger partial charge is 0.341 e. The molecule has 0 bridgehead atoms. The van der Waals surface area contributed by atoms with E-state index in [1.165, 1.54) is 6.20 Å². The van der Waals surface area contributed by atoms with Gasteiger partial charge in [0.05, 0.1) is 6.20 Å². The SMILES string of the molecule is CCn1cc(S(=O)(=O)N2CCC[C@@H]3CN(C(=O)CC(C)C)C[C@@H]32)cn1. The lowest BCUT2D eigenvalue weighted by Crippen LogP contribution is -2.48. The summed E-state index contributed by atoms with van der Waals surface area (Å²) in [6, 6.07) is -0.111. The number of hydrogen-bond donors (Lipinski definition) is 0. The zero-order chi connectivity index (χ0) is 18.2. The zero-order valence-corrected chi connectivity index (χ0v) is 16.1. The molecule has 25 heavy (non-hydrogen) atoms. The monoisotopic (exact) mass is 368 g/mol. The molecule has 1 aromatic heterocycles. The fraction of sp³-hybridized carbons (Fsp3) is 0.765. The highest BCUT2D eigenvalue weighted by Gasteiger charge is 2.45. The average Bonchev–Trinajstić information content (AvgIpc) is 3.20. The lowest BCUT2D eigenvalue weighted by molar-refractivity contribution is -0.131. The van der Waals surface area contributed by atoms with Crippen LogP contribution >= 0.6 is 0 Å². The van der Waals surface area contributed by atoms with Gasteiger partial charge in [0.1, 0.15) is 4.90 Å². The lowest BCUT2D eigenvalue weighted by Gasteiger charge is -2.35. The summed E-state index contributed by atoms with van der Waals surface area (Å²) < 4.78 is 29.4. The molecule has 0 spiro atoms. The Morgan fingerprint density at radius 3 is 2.76 bits per heavy atom. The number of fused-ring (bicyclic) bond motifs is 1. The van der Waals surface area contributed by atoms with Crippen molar-refractivity contribution < 1.29 is 13.2 Å². The molecule has 140 valence electrons. The van der Waals surface area contributed by atoms with Crippen molar-refractivity contribution in [2.75, 3.05) is 19.6 Å². The van der Waals surface area contributed by atoms with Gasteiger partial charge in [0.25, 0.3) is 0 Å². The van der Waals surface area contributed by atoms with Crippen LogP contribution in [0.1, 0.15) is 40.0 Å². The molecule has 0 radical (unpaired) electrons. The molecule has 2 aliphatic heterocycles. The van der Waals surface area contributed by atoms with Crippen LogP contribution in [0.4, 0.5) is 0 Å². The van der Waals surface area contributed by atoms with E-state index in [-0.39, 0.29) is 22.8 Å². The van der Waals surface area contributed by atoms with E-state index in [0.29, 0.717) is 38.5 Å². The summed E-state index contributed by atoms with van der Waals surface area (Å²) in [6.07, 6.45) is 5.37. The Kier molecular flexibility index (Phi) is 5.20. The van der Waals surface area contributed by atoms with Crippen LogP contribution in [0.3, 0.4) is 0 Å². The first-order valence-electron chi connectivity index (χ1n) is 9.15. The second-order valence-electron chi connectivity index (χ2n) is 7.51. The highest BCUT2D eigenvalue weighted by Crippen LogP contribution is 2.34.